The third kappa shape index (κ3) is 6.05. The molecule has 1 fully saturated rings. The molecule has 2 N–H and O–H groups in total. The number of rotatable bonds is 7. The maximum atomic E-state index is 12.8. The summed E-state index contributed by atoms with van der Waals surface area (Å²) in [7, 11) is 1.81. The highest BCUT2D eigenvalue weighted by atomic mass is 19.4. The molecule has 5 rings (SSSR count). The van der Waals surface area contributed by atoms with Crippen LogP contribution < -0.4 is 15.4 Å². The molecule has 1 aliphatic heterocycles. The van der Waals surface area contributed by atoms with Gasteiger partial charge in [0.15, 0.2) is 0 Å². The molecule has 1 aliphatic rings. The normalized spacial score (nSPS) is 14.4. The van der Waals surface area contributed by atoms with Crippen molar-refractivity contribution in [3.05, 3.63) is 72.1 Å². The maximum Gasteiger partial charge on any atom is 0.416 e. The van der Waals surface area contributed by atoms with Gasteiger partial charge in [-0.15, -0.1) is 0 Å². The largest absolute Gasteiger partial charge is 0.462 e. The van der Waals surface area contributed by atoms with Gasteiger partial charge in [0.25, 0.3) is 0 Å². The van der Waals surface area contributed by atoms with Crippen LogP contribution in [-0.2, 0) is 29.2 Å². The summed E-state index contributed by atoms with van der Waals surface area (Å²) < 4.78 is 51.8. The van der Waals surface area contributed by atoms with E-state index in [0.717, 1.165) is 43.6 Å². The summed E-state index contributed by atoms with van der Waals surface area (Å²) in [6.45, 7) is 1.68. The van der Waals surface area contributed by atoms with E-state index in [2.05, 4.69) is 20.6 Å². The molecule has 2 aromatic heterocycles. The Morgan fingerprint density at radius 2 is 1.82 bits per heavy atom. The summed E-state index contributed by atoms with van der Waals surface area (Å²) >= 11 is 0. The van der Waals surface area contributed by atoms with Gasteiger partial charge in [-0.1, -0.05) is 0 Å². The Labute approximate surface area is 216 Å². The van der Waals surface area contributed by atoms with E-state index in [1.54, 1.807) is 42.1 Å². The highest BCUT2D eigenvalue weighted by molar-refractivity contribution is 5.81. The molecule has 3 heterocycles. The molecule has 0 amide bonds. The number of hydrogen-bond acceptors (Lipinski definition) is 7. The Kier molecular flexibility index (Phi) is 7.19. The number of piperidine rings is 1. The standard InChI is InChI=1S/C27H26F3N5O3/c1-35-24-7-6-21(16-23(24)34-26(35)33-18-4-2-17(3-5-18)27(28,29)30)37-22-10-13-32-19(14-22)15-25(36)38-20-8-11-31-12-9-20/h2-7,10,13-14,16,20,31H,8-9,11-12,15H2,1H3,(H,33,34). The highest BCUT2D eigenvalue weighted by Crippen LogP contribution is 2.31. The van der Waals surface area contributed by atoms with Crippen LogP contribution in [0.25, 0.3) is 11.0 Å². The second-order valence-corrected chi connectivity index (χ2v) is 9.05. The quantitative estimate of drug-likeness (QED) is 0.314. The number of aryl methyl sites for hydroxylation is 1. The fraction of sp³-hybridized carbons (Fsp3) is 0.296. The number of carbonyl (C=O) groups is 1. The van der Waals surface area contributed by atoms with E-state index in [1.807, 2.05) is 6.07 Å². The number of fused-ring (bicyclic) bond motifs is 1. The predicted molar refractivity (Wildman–Crippen MR) is 135 cm³/mol. The van der Waals surface area contributed by atoms with E-state index in [4.69, 9.17) is 9.47 Å². The van der Waals surface area contributed by atoms with Gasteiger partial charge < -0.3 is 24.7 Å². The third-order valence-corrected chi connectivity index (χ3v) is 6.25. The van der Waals surface area contributed by atoms with Crippen molar-refractivity contribution in [3.8, 4) is 11.5 Å². The van der Waals surface area contributed by atoms with Crippen LogP contribution in [-0.4, -0.2) is 39.7 Å². The molecule has 4 aromatic rings. The first-order chi connectivity index (χ1) is 18.2. The number of ether oxygens (including phenoxy) is 2. The van der Waals surface area contributed by atoms with Crippen molar-refractivity contribution in [2.75, 3.05) is 18.4 Å². The SMILES string of the molecule is Cn1c(Nc2ccc(C(F)(F)F)cc2)nc2cc(Oc3ccnc(CC(=O)OC4CCNCC4)c3)ccc21. The third-order valence-electron chi connectivity index (χ3n) is 6.25. The fourth-order valence-electron chi connectivity index (χ4n) is 4.27. The molecular formula is C27H26F3N5O3. The first kappa shape index (κ1) is 25.5. The van der Waals surface area contributed by atoms with Crippen molar-refractivity contribution in [3.63, 3.8) is 0 Å². The van der Waals surface area contributed by atoms with Crippen LogP contribution in [0.5, 0.6) is 11.5 Å². The molecule has 0 spiro atoms. The highest BCUT2D eigenvalue weighted by Gasteiger charge is 2.30. The lowest BCUT2D eigenvalue weighted by molar-refractivity contribution is -0.149. The number of aromatic nitrogens is 3. The number of pyridine rings is 1. The van der Waals surface area contributed by atoms with Crippen molar-refractivity contribution in [1.29, 1.82) is 0 Å². The van der Waals surface area contributed by atoms with Crippen molar-refractivity contribution < 1.29 is 27.4 Å². The minimum absolute atomic E-state index is 0.0549. The number of anilines is 2. The van der Waals surface area contributed by atoms with Gasteiger partial charge in [-0.3, -0.25) is 9.78 Å². The minimum Gasteiger partial charge on any atom is -0.462 e. The molecule has 0 bridgehead atoms. The van der Waals surface area contributed by atoms with Crippen molar-refractivity contribution in [2.45, 2.75) is 31.5 Å². The Morgan fingerprint density at radius 1 is 1.08 bits per heavy atom. The predicted octanol–water partition coefficient (Wildman–Crippen LogP) is 5.36. The first-order valence-corrected chi connectivity index (χ1v) is 12.2. The molecule has 8 nitrogen and oxygen atoms in total. The van der Waals surface area contributed by atoms with Gasteiger partial charge in [-0.05, 0) is 68.4 Å². The zero-order chi connectivity index (χ0) is 26.7. The number of imidazole rings is 1. The van der Waals surface area contributed by atoms with Gasteiger partial charge in [-0.2, -0.15) is 13.2 Å². The smallest absolute Gasteiger partial charge is 0.416 e. The Bertz CT molecular complexity index is 1430. The summed E-state index contributed by atoms with van der Waals surface area (Å²) in [5.74, 6) is 1.20. The molecule has 0 unspecified atom stereocenters. The lowest BCUT2D eigenvalue weighted by Crippen LogP contribution is -2.34. The average molecular weight is 526 g/mol. The van der Waals surface area contributed by atoms with Crippen molar-refractivity contribution >= 4 is 28.6 Å². The van der Waals surface area contributed by atoms with Crippen molar-refractivity contribution in [1.82, 2.24) is 19.9 Å². The van der Waals surface area contributed by atoms with E-state index in [-0.39, 0.29) is 18.5 Å². The van der Waals surface area contributed by atoms with Crippen LogP contribution in [0.1, 0.15) is 24.1 Å². The molecule has 0 saturated carbocycles. The van der Waals surface area contributed by atoms with E-state index in [0.29, 0.717) is 34.3 Å². The molecule has 1 saturated heterocycles. The lowest BCUT2D eigenvalue weighted by atomic mass is 10.1. The van der Waals surface area contributed by atoms with Gasteiger partial charge >= 0.3 is 12.1 Å². The van der Waals surface area contributed by atoms with E-state index in [1.165, 1.54) is 12.1 Å². The topological polar surface area (TPSA) is 90.3 Å². The molecule has 0 radical (unpaired) electrons. The lowest BCUT2D eigenvalue weighted by Gasteiger charge is -2.22. The second kappa shape index (κ2) is 10.7. The number of nitrogens with one attached hydrogen (secondary N) is 2. The van der Waals surface area contributed by atoms with Crippen LogP contribution in [0.3, 0.4) is 0 Å². The van der Waals surface area contributed by atoms with Gasteiger partial charge in [0.1, 0.15) is 17.6 Å². The van der Waals surface area contributed by atoms with Crippen LogP contribution >= 0.6 is 0 Å². The molecule has 11 heteroatoms. The number of alkyl halides is 3. The zero-order valence-corrected chi connectivity index (χ0v) is 20.6. The zero-order valence-electron chi connectivity index (χ0n) is 20.6. The minimum atomic E-state index is -4.39. The second-order valence-electron chi connectivity index (χ2n) is 9.05. The summed E-state index contributed by atoms with van der Waals surface area (Å²) in [4.78, 5) is 21.2. The molecule has 198 valence electrons. The van der Waals surface area contributed by atoms with Crippen LogP contribution in [0.15, 0.2) is 60.8 Å². The maximum absolute atomic E-state index is 12.8. The summed E-state index contributed by atoms with van der Waals surface area (Å²) in [5.41, 5.74) is 1.76. The van der Waals surface area contributed by atoms with Gasteiger partial charge in [-0.25, -0.2) is 4.98 Å². The number of hydrogen-bond donors (Lipinski definition) is 2. The number of nitrogens with zero attached hydrogens (tertiary/aromatic N) is 3. The molecule has 38 heavy (non-hydrogen) atoms. The van der Waals surface area contributed by atoms with Crippen LogP contribution in [0.2, 0.25) is 0 Å². The summed E-state index contributed by atoms with van der Waals surface area (Å²) in [6.07, 6.45) is -1.21. The summed E-state index contributed by atoms with van der Waals surface area (Å²) in [6, 6.07) is 13.6. The number of benzene rings is 2. The first-order valence-electron chi connectivity index (χ1n) is 12.2. The molecule has 0 aliphatic carbocycles. The Morgan fingerprint density at radius 3 is 2.55 bits per heavy atom. The van der Waals surface area contributed by atoms with E-state index >= 15 is 0 Å². The number of halogens is 3. The summed E-state index contributed by atoms with van der Waals surface area (Å²) in [5, 5.41) is 6.29. The monoisotopic (exact) mass is 525 g/mol. The van der Waals surface area contributed by atoms with Crippen LogP contribution in [0, 0.1) is 0 Å². The molecule has 0 atom stereocenters. The van der Waals surface area contributed by atoms with Gasteiger partial charge in [0.05, 0.1) is 28.7 Å². The molecule has 2 aromatic carbocycles. The fourth-order valence-corrected chi connectivity index (χ4v) is 4.27. The average Bonchev–Trinajstić information content (AvgIpc) is 3.18. The Hall–Kier alpha value is -4.12. The van der Waals surface area contributed by atoms with Crippen molar-refractivity contribution in [2.24, 2.45) is 7.05 Å². The molecular weight excluding hydrogens is 499 g/mol. The van der Waals surface area contributed by atoms with E-state index in [9.17, 15) is 18.0 Å². The number of esters is 1. The Balaban J connectivity index is 1.26. The van der Waals surface area contributed by atoms with Crippen LogP contribution in [0.4, 0.5) is 24.8 Å². The number of carbonyl (C=O) groups excluding carboxylic acids is 1. The van der Waals surface area contributed by atoms with Gasteiger partial charge in [0.2, 0.25) is 5.95 Å². The van der Waals surface area contributed by atoms with E-state index < -0.39 is 11.7 Å². The van der Waals surface area contributed by atoms with Gasteiger partial charge in [0, 0.05) is 31.1 Å².